The van der Waals surface area contributed by atoms with Gasteiger partial charge in [-0.3, -0.25) is 0 Å². The Labute approximate surface area is 127 Å². The summed E-state index contributed by atoms with van der Waals surface area (Å²) in [7, 11) is 1.08. The topological polar surface area (TPSA) is 45.9 Å². The summed E-state index contributed by atoms with van der Waals surface area (Å²) in [4.78, 5) is 3.39. The van der Waals surface area contributed by atoms with E-state index in [0.29, 0.717) is 0 Å². The predicted octanol–water partition coefficient (Wildman–Crippen LogP) is -1.98. The van der Waals surface area contributed by atoms with Gasteiger partial charge in [0.05, 0.1) is 7.11 Å². The smallest absolute Gasteiger partial charge is 0.483 e. The Morgan fingerprint density at radius 3 is 2.40 bits per heavy atom. The third kappa shape index (κ3) is 3.77. The number of methoxy groups -OCH3 is 1. The molecule has 0 unspecified atom stereocenters. The first-order valence-electron chi connectivity index (χ1n) is 3.64. The Hall–Kier alpha value is -0.0687. The van der Waals surface area contributed by atoms with Gasteiger partial charge < -0.3 is 17.7 Å². The molecular formula is C7H5BF3KN2O. The Balaban J connectivity index is 0.00000196. The Kier molecular flexibility index (Phi) is 5.84. The summed E-state index contributed by atoms with van der Waals surface area (Å²) in [6, 6.07) is 3.43. The van der Waals surface area contributed by atoms with Gasteiger partial charge in [0.2, 0.25) is 0 Å². The molecule has 8 heteroatoms. The van der Waals surface area contributed by atoms with Crippen molar-refractivity contribution in [2.75, 3.05) is 7.11 Å². The first-order chi connectivity index (χ1) is 6.49. The van der Waals surface area contributed by atoms with E-state index in [9.17, 15) is 12.9 Å². The molecule has 1 rings (SSSR count). The van der Waals surface area contributed by atoms with Gasteiger partial charge in [-0.05, 0) is 11.5 Å². The molecule has 0 saturated carbocycles. The van der Waals surface area contributed by atoms with Crippen molar-refractivity contribution in [1.29, 1.82) is 5.26 Å². The van der Waals surface area contributed by atoms with Gasteiger partial charge >= 0.3 is 58.4 Å². The summed E-state index contributed by atoms with van der Waals surface area (Å²) >= 11 is 0. The predicted molar refractivity (Wildman–Crippen MR) is 44.2 cm³/mol. The molecule has 1 aromatic heterocycles. The largest absolute Gasteiger partial charge is 1.00 e. The maximum atomic E-state index is 12.3. The number of pyridine rings is 1. The number of halogens is 3. The van der Waals surface area contributed by atoms with Gasteiger partial charge in [-0.15, -0.1) is 0 Å². The molecule has 0 fully saturated rings. The maximum absolute atomic E-state index is 12.3. The van der Waals surface area contributed by atoms with Crippen LogP contribution in [0.2, 0.25) is 0 Å². The van der Waals surface area contributed by atoms with Gasteiger partial charge in [0, 0.05) is 0 Å². The summed E-state index contributed by atoms with van der Waals surface area (Å²) in [5.41, 5.74) is -1.03. The van der Waals surface area contributed by atoms with E-state index in [0.717, 1.165) is 19.2 Å². The number of aromatic nitrogens is 1. The summed E-state index contributed by atoms with van der Waals surface area (Å²) in [6.45, 7) is -5.16. The SMILES string of the molecule is COc1nc(C#N)ccc1[B-](F)(F)F.[K+]. The minimum Gasteiger partial charge on any atom is -0.483 e. The van der Waals surface area contributed by atoms with Crippen molar-refractivity contribution < 1.29 is 69.1 Å². The van der Waals surface area contributed by atoms with Crippen LogP contribution in [0, 0.1) is 11.3 Å². The molecular weight excluding hydrogens is 235 g/mol. The second-order valence-electron chi connectivity index (χ2n) is 2.48. The summed E-state index contributed by atoms with van der Waals surface area (Å²) in [5, 5.41) is 8.41. The van der Waals surface area contributed by atoms with Crippen LogP contribution in [-0.2, 0) is 0 Å². The third-order valence-electron chi connectivity index (χ3n) is 1.55. The van der Waals surface area contributed by atoms with Crippen LogP contribution in [0.3, 0.4) is 0 Å². The molecule has 0 spiro atoms. The van der Waals surface area contributed by atoms with E-state index in [-0.39, 0.29) is 57.1 Å². The second kappa shape index (κ2) is 5.86. The molecule has 0 amide bonds. The second-order valence-corrected chi connectivity index (χ2v) is 2.48. The molecule has 0 aliphatic rings. The molecule has 0 radical (unpaired) electrons. The van der Waals surface area contributed by atoms with E-state index >= 15 is 0 Å². The zero-order chi connectivity index (χ0) is 10.8. The van der Waals surface area contributed by atoms with Gasteiger partial charge in [-0.25, -0.2) is 4.98 Å². The van der Waals surface area contributed by atoms with Crippen LogP contribution in [-0.4, -0.2) is 19.1 Å². The van der Waals surface area contributed by atoms with Crippen LogP contribution in [0.4, 0.5) is 12.9 Å². The van der Waals surface area contributed by atoms with Crippen LogP contribution in [0.25, 0.3) is 0 Å². The molecule has 0 aromatic carbocycles. The van der Waals surface area contributed by atoms with Gasteiger partial charge in [0.15, 0.2) is 5.88 Å². The van der Waals surface area contributed by atoms with E-state index < -0.39 is 18.3 Å². The van der Waals surface area contributed by atoms with Crippen molar-refractivity contribution in [2.24, 2.45) is 0 Å². The van der Waals surface area contributed by atoms with Crippen LogP contribution in [0.15, 0.2) is 12.1 Å². The minimum absolute atomic E-state index is 0. The van der Waals surface area contributed by atoms with Gasteiger partial charge in [-0.2, -0.15) is 5.26 Å². The quantitative estimate of drug-likeness (QED) is 0.563. The monoisotopic (exact) mass is 240 g/mol. The Bertz CT molecular complexity index is 391. The first kappa shape index (κ1) is 14.9. The zero-order valence-electron chi connectivity index (χ0n) is 8.17. The number of hydrogen-bond acceptors (Lipinski definition) is 3. The van der Waals surface area contributed by atoms with Crippen LogP contribution in [0.1, 0.15) is 5.69 Å². The standard InChI is InChI=1S/C7H5BF3N2O.K/c1-14-7-6(8(9,10)11)3-2-5(4-12)13-7;/h2-3H,1H3;/q-1;+1. The van der Waals surface area contributed by atoms with Gasteiger partial charge in [0.25, 0.3) is 0 Å². The molecule has 3 nitrogen and oxygen atoms in total. The molecule has 1 aromatic rings. The summed E-state index contributed by atoms with van der Waals surface area (Å²) in [6.07, 6.45) is 0. The first-order valence-corrected chi connectivity index (χ1v) is 3.64. The van der Waals surface area contributed by atoms with Crippen molar-refractivity contribution in [3.05, 3.63) is 17.8 Å². The van der Waals surface area contributed by atoms with Crippen molar-refractivity contribution in [1.82, 2.24) is 4.98 Å². The fraction of sp³-hybridized carbons (Fsp3) is 0.143. The van der Waals surface area contributed by atoms with Crippen LogP contribution in [0.5, 0.6) is 5.88 Å². The van der Waals surface area contributed by atoms with Crippen molar-refractivity contribution in [3.63, 3.8) is 0 Å². The molecule has 15 heavy (non-hydrogen) atoms. The number of rotatable bonds is 2. The molecule has 1 heterocycles. The normalized spacial score (nSPS) is 10.1. The summed E-state index contributed by atoms with van der Waals surface area (Å²) < 4.78 is 41.4. The van der Waals surface area contributed by atoms with E-state index in [1.807, 2.05) is 0 Å². The van der Waals surface area contributed by atoms with Gasteiger partial charge in [0.1, 0.15) is 11.8 Å². The summed E-state index contributed by atoms with van der Waals surface area (Å²) in [5.74, 6) is -0.559. The minimum atomic E-state index is -5.16. The molecule has 0 saturated heterocycles. The number of nitrogens with zero attached hydrogens (tertiary/aromatic N) is 2. The zero-order valence-corrected chi connectivity index (χ0v) is 11.3. The van der Waals surface area contributed by atoms with Crippen LogP contribution < -0.4 is 61.6 Å². The van der Waals surface area contributed by atoms with Crippen molar-refractivity contribution in [3.8, 4) is 11.9 Å². The fourth-order valence-electron chi connectivity index (χ4n) is 0.926. The Morgan fingerprint density at radius 2 is 2.00 bits per heavy atom. The van der Waals surface area contributed by atoms with Gasteiger partial charge in [-0.1, -0.05) is 6.07 Å². The molecule has 0 N–H and O–H groups in total. The molecule has 0 bridgehead atoms. The number of nitriles is 1. The number of ether oxygens (including phenoxy) is 1. The van der Waals surface area contributed by atoms with E-state index in [1.165, 1.54) is 0 Å². The average molecular weight is 240 g/mol. The molecule has 74 valence electrons. The molecule has 0 atom stereocenters. The van der Waals surface area contributed by atoms with E-state index in [2.05, 4.69) is 9.72 Å². The molecule has 0 aliphatic carbocycles. The van der Waals surface area contributed by atoms with Crippen molar-refractivity contribution >= 4 is 12.4 Å². The Morgan fingerprint density at radius 1 is 1.40 bits per heavy atom. The van der Waals surface area contributed by atoms with E-state index in [4.69, 9.17) is 5.26 Å². The van der Waals surface area contributed by atoms with E-state index in [1.54, 1.807) is 6.07 Å². The number of hydrogen-bond donors (Lipinski definition) is 0. The third-order valence-corrected chi connectivity index (χ3v) is 1.55. The van der Waals surface area contributed by atoms with Crippen LogP contribution >= 0.6 is 0 Å². The maximum Gasteiger partial charge on any atom is 1.00 e. The fourth-order valence-corrected chi connectivity index (χ4v) is 0.926. The van der Waals surface area contributed by atoms with Crippen molar-refractivity contribution in [2.45, 2.75) is 0 Å². The molecule has 0 aliphatic heterocycles. The average Bonchev–Trinajstić information content (AvgIpc) is 2.15.